The molecule has 0 radical (unpaired) electrons. The van der Waals surface area contributed by atoms with Gasteiger partial charge < -0.3 is 10.2 Å². The van der Waals surface area contributed by atoms with E-state index in [0.717, 1.165) is 11.1 Å². The molecule has 0 spiro atoms. The number of aryl methyl sites for hydroxylation is 2. The molecule has 10 nitrogen and oxygen atoms in total. The van der Waals surface area contributed by atoms with Crippen molar-refractivity contribution in [3.05, 3.63) is 42.2 Å². The molecule has 10 heteroatoms. The highest BCUT2D eigenvalue weighted by Crippen LogP contribution is 2.36. The number of nitrogens with one attached hydrogen (secondary N) is 1. The zero-order chi connectivity index (χ0) is 20.5. The quantitative estimate of drug-likeness (QED) is 0.711. The largest absolute Gasteiger partial charge is 0.338 e. The number of aromatic nitrogens is 6. The van der Waals surface area contributed by atoms with E-state index >= 15 is 0 Å². The van der Waals surface area contributed by atoms with Gasteiger partial charge in [-0.1, -0.05) is 12.1 Å². The number of benzene rings is 1. The van der Waals surface area contributed by atoms with Crippen LogP contribution in [0.4, 0.5) is 5.69 Å². The summed E-state index contributed by atoms with van der Waals surface area (Å²) in [5.74, 6) is 0.130. The first kappa shape index (κ1) is 18.8. The van der Waals surface area contributed by atoms with Crippen LogP contribution in [0.5, 0.6) is 0 Å². The molecule has 2 atom stereocenters. The molecule has 0 aliphatic carbocycles. The van der Waals surface area contributed by atoms with E-state index in [0.29, 0.717) is 24.4 Å². The molecule has 2 unspecified atom stereocenters. The van der Waals surface area contributed by atoms with Crippen LogP contribution < -0.4 is 5.32 Å². The van der Waals surface area contributed by atoms with E-state index in [1.54, 1.807) is 34.6 Å². The van der Waals surface area contributed by atoms with Gasteiger partial charge in [-0.3, -0.25) is 14.3 Å². The molecule has 1 saturated heterocycles. The lowest BCUT2D eigenvalue weighted by Crippen LogP contribution is -2.44. The van der Waals surface area contributed by atoms with Crippen LogP contribution in [0, 0.1) is 5.92 Å². The molecular formula is C19H22N8O2. The summed E-state index contributed by atoms with van der Waals surface area (Å²) in [7, 11) is 5.31. The van der Waals surface area contributed by atoms with Gasteiger partial charge in [0.15, 0.2) is 5.82 Å². The topological polar surface area (TPSA) is 111 Å². The molecule has 1 N–H and O–H groups in total. The Morgan fingerprint density at radius 1 is 1.24 bits per heavy atom. The number of likely N-dealkylation sites (tertiary alicyclic amines) is 1. The van der Waals surface area contributed by atoms with Crippen molar-refractivity contribution >= 4 is 17.5 Å². The Balaban J connectivity index is 1.58. The Kier molecular flexibility index (Phi) is 4.83. The van der Waals surface area contributed by atoms with Crippen LogP contribution in [-0.4, -0.2) is 53.7 Å². The van der Waals surface area contributed by atoms with Crippen molar-refractivity contribution in [2.45, 2.75) is 18.9 Å². The maximum Gasteiger partial charge on any atom is 0.229 e. The van der Waals surface area contributed by atoms with Crippen LogP contribution in [0.15, 0.2) is 36.7 Å². The van der Waals surface area contributed by atoms with Gasteiger partial charge in [0, 0.05) is 50.6 Å². The molecule has 0 bridgehead atoms. The standard InChI is InChI=1S/C19H22N8O2/c1-25-11-13(10-20-25)17-15(7-8-16(28)26(17)2)19(29)21-14-6-4-5-12(9-14)18-22-23-24-27(18)3/h4-6,9-11,15,17H,7-8H2,1-3H3,(H,21,29). The van der Waals surface area contributed by atoms with Crippen LogP contribution in [0.1, 0.15) is 24.4 Å². The van der Waals surface area contributed by atoms with Gasteiger partial charge in [-0.2, -0.15) is 5.10 Å². The van der Waals surface area contributed by atoms with E-state index in [1.807, 2.05) is 37.5 Å². The van der Waals surface area contributed by atoms with Crippen molar-refractivity contribution in [1.82, 2.24) is 34.9 Å². The summed E-state index contributed by atoms with van der Waals surface area (Å²) in [6.45, 7) is 0. The number of tetrazole rings is 1. The third-order valence-corrected chi connectivity index (χ3v) is 5.27. The highest BCUT2D eigenvalue weighted by atomic mass is 16.2. The molecule has 1 aliphatic heterocycles. The number of amides is 2. The molecule has 3 heterocycles. The SMILES string of the molecule is CN1C(=O)CCC(C(=O)Nc2cccc(-c3nnnn3C)c2)C1c1cnn(C)c1. The fourth-order valence-corrected chi connectivity index (χ4v) is 3.81. The Bertz CT molecular complexity index is 1060. The summed E-state index contributed by atoms with van der Waals surface area (Å²) in [4.78, 5) is 27.1. The van der Waals surface area contributed by atoms with Gasteiger partial charge in [-0.15, -0.1) is 5.10 Å². The fraction of sp³-hybridized carbons (Fsp3) is 0.368. The average molecular weight is 394 g/mol. The first-order chi connectivity index (χ1) is 13.9. The fourth-order valence-electron chi connectivity index (χ4n) is 3.81. The summed E-state index contributed by atoms with van der Waals surface area (Å²) in [5, 5.41) is 18.7. The molecule has 2 aromatic heterocycles. The maximum atomic E-state index is 13.2. The second-order valence-corrected chi connectivity index (χ2v) is 7.24. The van der Waals surface area contributed by atoms with Crippen LogP contribution in [0.3, 0.4) is 0 Å². The molecule has 2 amide bonds. The summed E-state index contributed by atoms with van der Waals surface area (Å²) >= 11 is 0. The van der Waals surface area contributed by atoms with Gasteiger partial charge in [0.2, 0.25) is 11.8 Å². The Hall–Kier alpha value is -3.56. The van der Waals surface area contributed by atoms with Crippen molar-refractivity contribution in [2.75, 3.05) is 12.4 Å². The van der Waals surface area contributed by atoms with E-state index in [4.69, 9.17) is 0 Å². The average Bonchev–Trinajstić information content (AvgIpc) is 3.32. The third-order valence-electron chi connectivity index (χ3n) is 5.27. The normalized spacial score (nSPS) is 19.4. The number of nitrogens with zero attached hydrogens (tertiary/aromatic N) is 7. The minimum Gasteiger partial charge on any atom is -0.338 e. The number of rotatable bonds is 4. The van der Waals surface area contributed by atoms with Crippen molar-refractivity contribution in [1.29, 1.82) is 0 Å². The zero-order valence-corrected chi connectivity index (χ0v) is 16.5. The first-order valence-corrected chi connectivity index (χ1v) is 9.32. The number of hydrogen-bond acceptors (Lipinski definition) is 6. The summed E-state index contributed by atoms with van der Waals surface area (Å²) in [6.07, 6.45) is 4.39. The van der Waals surface area contributed by atoms with E-state index in [1.165, 1.54) is 0 Å². The Labute approximate surface area is 167 Å². The van der Waals surface area contributed by atoms with Gasteiger partial charge in [-0.05, 0) is 29.0 Å². The van der Waals surface area contributed by atoms with Gasteiger partial charge in [0.25, 0.3) is 0 Å². The molecule has 1 aliphatic rings. The number of hydrogen-bond donors (Lipinski definition) is 1. The van der Waals surface area contributed by atoms with Crippen LogP contribution >= 0.6 is 0 Å². The predicted octanol–water partition coefficient (Wildman–Crippen LogP) is 1.16. The molecule has 1 fully saturated rings. The third kappa shape index (κ3) is 3.60. The first-order valence-electron chi connectivity index (χ1n) is 9.32. The van der Waals surface area contributed by atoms with Gasteiger partial charge in [0.05, 0.1) is 18.2 Å². The van der Waals surface area contributed by atoms with E-state index in [-0.39, 0.29) is 23.8 Å². The monoisotopic (exact) mass is 394 g/mol. The molecule has 0 saturated carbocycles. The van der Waals surface area contributed by atoms with Crippen LogP contribution in [0.25, 0.3) is 11.4 Å². The second-order valence-electron chi connectivity index (χ2n) is 7.24. The van der Waals surface area contributed by atoms with Crippen molar-refractivity contribution in [3.63, 3.8) is 0 Å². The summed E-state index contributed by atoms with van der Waals surface area (Å²) in [5.41, 5.74) is 2.30. The molecule has 4 rings (SSSR count). The summed E-state index contributed by atoms with van der Waals surface area (Å²) < 4.78 is 3.25. The molecule has 150 valence electrons. The lowest BCUT2D eigenvalue weighted by molar-refractivity contribution is -0.140. The second kappa shape index (κ2) is 7.46. The van der Waals surface area contributed by atoms with E-state index in [2.05, 4.69) is 25.9 Å². The van der Waals surface area contributed by atoms with Crippen LogP contribution in [-0.2, 0) is 23.7 Å². The highest BCUT2D eigenvalue weighted by molar-refractivity contribution is 5.95. The minimum absolute atomic E-state index is 0.0275. The van der Waals surface area contributed by atoms with Crippen molar-refractivity contribution < 1.29 is 9.59 Å². The molecule has 29 heavy (non-hydrogen) atoms. The lowest BCUT2D eigenvalue weighted by Gasteiger charge is -2.37. The maximum absolute atomic E-state index is 13.2. The lowest BCUT2D eigenvalue weighted by atomic mass is 9.85. The predicted molar refractivity (Wildman–Crippen MR) is 104 cm³/mol. The number of carbonyl (C=O) groups is 2. The number of piperidine rings is 1. The molecular weight excluding hydrogens is 372 g/mol. The number of anilines is 1. The van der Waals surface area contributed by atoms with Crippen LogP contribution in [0.2, 0.25) is 0 Å². The molecule has 1 aromatic carbocycles. The Morgan fingerprint density at radius 3 is 2.76 bits per heavy atom. The summed E-state index contributed by atoms with van der Waals surface area (Å²) in [6, 6.07) is 7.03. The highest BCUT2D eigenvalue weighted by Gasteiger charge is 2.39. The minimum atomic E-state index is -0.373. The zero-order valence-electron chi connectivity index (χ0n) is 16.5. The van der Waals surface area contributed by atoms with Crippen molar-refractivity contribution in [2.24, 2.45) is 20.0 Å². The smallest absolute Gasteiger partial charge is 0.229 e. The Morgan fingerprint density at radius 2 is 2.07 bits per heavy atom. The van der Waals surface area contributed by atoms with E-state index in [9.17, 15) is 9.59 Å². The van der Waals surface area contributed by atoms with E-state index < -0.39 is 0 Å². The van der Waals surface area contributed by atoms with Gasteiger partial charge >= 0.3 is 0 Å². The van der Waals surface area contributed by atoms with Gasteiger partial charge in [0.1, 0.15) is 0 Å². The number of carbonyl (C=O) groups excluding carboxylic acids is 2. The van der Waals surface area contributed by atoms with Gasteiger partial charge in [-0.25, -0.2) is 4.68 Å². The molecule has 3 aromatic rings. The van der Waals surface area contributed by atoms with Crippen molar-refractivity contribution in [3.8, 4) is 11.4 Å².